The van der Waals surface area contributed by atoms with E-state index in [-0.39, 0.29) is 24.0 Å². The van der Waals surface area contributed by atoms with Crippen molar-refractivity contribution in [1.29, 1.82) is 0 Å². The van der Waals surface area contributed by atoms with Gasteiger partial charge in [0.05, 0.1) is 6.10 Å². The summed E-state index contributed by atoms with van der Waals surface area (Å²) in [7, 11) is 0. The van der Waals surface area contributed by atoms with Crippen LogP contribution in [-0.2, 0) is 9.53 Å². The van der Waals surface area contributed by atoms with Gasteiger partial charge in [-0.3, -0.25) is 4.79 Å². The first-order chi connectivity index (χ1) is 9.69. The first kappa shape index (κ1) is 18.4. The van der Waals surface area contributed by atoms with Gasteiger partial charge in [0.15, 0.2) is 0 Å². The van der Waals surface area contributed by atoms with Gasteiger partial charge in [0, 0.05) is 26.0 Å². The Morgan fingerprint density at radius 3 is 2.62 bits per heavy atom. The van der Waals surface area contributed by atoms with Crippen LogP contribution in [0.3, 0.4) is 0 Å². The van der Waals surface area contributed by atoms with Crippen molar-refractivity contribution in [3.8, 4) is 0 Å². The minimum Gasteiger partial charge on any atom is -0.385 e. The summed E-state index contributed by atoms with van der Waals surface area (Å²) in [6, 6.07) is 0. The third kappa shape index (κ3) is 5.57. The predicted octanol–water partition coefficient (Wildman–Crippen LogP) is 1.43. The van der Waals surface area contributed by atoms with E-state index in [1.165, 1.54) is 0 Å². The number of hydrogen-bond donors (Lipinski definition) is 3. The monoisotopic (exact) mass is 300 g/mol. The quantitative estimate of drug-likeness (QED) is 0.664. The summed E-state index contributed by atoms with van der Waals surface area (Å²) in [5, 5.41) is 13.2. The topological polar surface area (TPSA) is 84.6 Å². The zero-order valence-electron chi connectivity index (χ0n) is 13.9. The second kappa shape index (κ2) is 7.56. The van der Waals surface area contributed by atoms with Gasteiger partial charge in [-0.2, -0.15) is 0 Å². The SMILES string of the molecule is CC1OCCC1(O)CNC(=O)CCC(CCN)C(C)(C)C. The zero-order valence-corrected chi connectivity index (χ0v) is 13.9. The summed E-state index contributed by atoms with van der Waals surface area (Å²) in [6.07, 6.45) is 2.60. The summed E-state index contributed by atoms with van der Waals surface area (Å²) in [4.78, 5) is 12.0. The van der Waals surface area contributed by atoms with Gasteiger partial charge >= 0.3 is 0 Å². The molecule has 21 heavy (non-hydrogen) atoms. The third-order valence-corrected chi connectivity index (χ3v) is 4.71. The van der Waals surface area contributed by atoms with Gasteiger partial charge < -0.3 is 20.9 Å². The van der Waals surface area contributed by atoms with Crippen LogP contribution in [0.5, 0.6) is 0 Å². The second-order valence-corrected chi connectivity index (χ2v) is 7.32. The van der Waals surface area contributed by atoms with Crippen LogP contribution < -0.4 is 11.1 Å². The lowest BCUT2D eigenvalue weighted by molar-refractivity contribution is -0.123. The molecule has 0 aromatic rings. The van der Waals surface area contributed by atoms with Crippen molar-refractivity contribution in [1.82, 2.24) is 5.32 Å². The normalized spacial score (nSPS) is 27.6. The van der Waals surface area contributed by atoms with Crippen molar-refractivity contribution in [3.05, 3.63) is 0 Å². The average Bonchev–Trinajstić information content (AvgIpc) is 2.71. The lowest BCUT2D eigenvalue weighted by Gasteiger charge is -2.30. The van der Waals surface area contributed by atoms with E-state index < -0.39 is 5.60 Å². The molecule has 1 aliphatic rings. The van der Waals surface area contributed by atoms with E-state index in [0.29, 0.717) is 31.9 Å². The number of nitrogens with two attached hydrogens (primary N) is 1. The number of ether oxygens (including phenoxy) is 1. The molecule has 124 valence electrons. The van der Waals surface area contributed by atoms with E-state index in [4.69, 9.17) is 10.5 Å². The molecule has 0 aliphatic carbocycles. The highest BCUT2D eigenvalue weighted by Gasteiger charge is 2.39. The maximum Gasteiger partial charge on any atom is 0.220 e. The van der Waals surface area contributed by atoms with E-state index >= 15 is 0 Å². The molecule has 1 fully saturated rings. The number of rotatable bonds is 7. The number of carbonyl (C=O) groups excluding carboxylic acids is 1. The fourth-order valence-electron chi connectivity index (χ4n) is 2.86. The Morgan fingerprint density at radius 2 is 2.14 bits per heavy atom. The Balaban J connectivity index is 2.36. The minimum atomic E-state index is -0.920. The van der Waals surface area contributed by atoms with Crippen LogP contribution in [0.15, 0.2) is 0 Å². The fraction of sp³-hybridized carbons (Fsp3) is 0.938. The highest BCUT2D eigenvalue weighted by molar-refractivity contribution is 5.75. The Bertz CT molecular complexity index is 341. The van der Waals surface area contributed by atoms with Gasteiger partial charge in [-0.25, -0.2) is 0 Å². The predicted molar refractivity (Wildman–Crippen MR) is 83.8 cm³/mol. The molecule has 0 aromatic heterocycles. The summed E-state index contributed by atoms with van der Waals surface area (Å²) < 4.78 is 5.36. The van der Waals surface area contributed by atoms with Crippen molar-refractivity contribution in [3.63, 3.8) is 0 Å². The van der Waals surface area contributed by atoms with E-state index in [1.807, 2.05) is 6.92 Å². The summed E-state index contributed by atoms with van der Waals surface area (Å²) in [5.41, 5.74) is 4.90. The van der Waals surface area contributed by atoms with Crippen LogP contribution in [-0.4, -0.2) is 42.4 Å². The van der Waals surface area contributed by atoms with Crippen LogP contribution in [0.25, 0.3) is 0 Å². The molecule has 0 bridgehead atoms. The van der Waals surface area contributed by atoms with Gasteiger partial charge in [0.25, 0.3) is 0 Å². The van der Waals surface area contributed by atoms with Crippen LogP contribution in [0.4, 0.5) is 0 Å². The second-order valence-electron chi connectivity index (χ2n) is 7.32. The van der Waals surface area contributed by atoms with E-state index in [0.717, 1.165) is 12.8 Å². The van der Waals surface area contributed by atoms with Crippen molar-refractivity contribution in [2.75, 3.05) is 19.7 Å². The van der Waals surface area contributed by atoms with Gasteiger partial charge in [0.2, 0.25) is 5.91 Å². The standard InChI is InChI=1S/C16H32N2O3/c1-12-16(20,8-10-21-12)11-18-14(19)6-5-13(7-9-17)15(2,3)4/h12-13,20H,5-11,17H2,1-4H3,(H,18,19). The van der Waals surface area contributed by atoms with Crippen molar-refractivity contribution >= 4 is 5.91 Å². The van der Waals surface area contributed by atoms with Gasteiger partial charge in [0.1, 0.15) is 5.60 Å². The van der Waals surface area contributed by atoms with Crippen LogP contribution in [0.1, 0.15) is 53.4 Å². The molecule has 0 aromatic carbocycles. The molecule has 1 amide bonds. The molecule has 0 saturated carbocycles. The Hall–Kier alpha value is -0.650. The summed E-state index contributed by atoms with van der Waals surface area (Å²) in [5.74, 6) is 0.430. The number of carbonyl (C=O) groups is 1. The van der Waals surface area contributed by atoms with Gasteiger partial charge in [-0.05, 0) is 37.6 Å². The number of hydrogen-bond acceptors (Lipinski definition) is 4. The highest BCUT2D eigenvalue weighted by atomic mass is 16.5. The number of aliphatic hydroxyl groups is 1. The average molecular weight is 300 g/mol. The van der Waals surface area contributed by atoms with Crippen molar-refractivity contribution in [2.24, 2.45) is 17.1 Å². The third-order valence-electron chi connectivity index (χ3n) is 4.71. The smallest absolute Gasteiger partial charge is 0.220 e. The lowest BCUT2D eigenvalue weighted by atomic mass is 9.76. The fourth-order valence-corrected chi connectivity index (χ4v) is 2.86. The van der Waals surface area contributed by atoms with Crippen LogP contribution >= 0.6 is 0 Å². The lowest BCUT2D eigenvalue weighted by Crippen LogP contribution is -2.47. The summed E-state index contributed by atoms with van der Waals surface area (Å²) in [6.45, 7) is 9.87. The number of nitrogens with one attached hydrogen (secondary N) is 1. The molecule has 5 nitrogen and oxygen atoms in total. The van der Waals surface area contributed by atoms with E-state index in [2.05, 4.69) is 26.1 Å². The zero-order chi connectivity index (χ0) is 16.1. The molecular weight excluding hydrogens is 268 g/mol. The molecule has 5 heteroatoms. The van der Waals surface area contributed by atoms with E-state index in [1.54, 1.807) is 0 Å². The van der Waals surface area contributed by atoms with Gasteiger partial charge in [-0.1, -0.05) is 20.8 Å². The summed E-state index contributed by atoms with van der Waals surface area (Å²) >= 11 is 0. The molecule has 1 rings (SSSR count). The van der Waals surface area contributed by atoms with Crippen molar-refractivity contribution in [2.45, 2.75) is 65.1 Å². The molecule has 0 spiro atoms. The first-order valence-corrected chi connectivity index (χ1v) is 8.00. The van der Waals surface area contributed by atoms with Crippen molar-refractivity contribution < 1.29 is 14.6 Å². The molecular formula is C16H32N2O3. The molecule has 4 N–H and O–H groups in total. The Labute approximate surface area is 128 Å². The molecule has 0 radical (unpaired) electrons. The molecule has 3 atom stereocenters. The van der Waals surface area contributed by atoms with E-state index in [9.17, 15) is 9.90 Å². The maximum absolute atomic E-state index is 12.0. The first-order valence-electron chi connectivity index (χ1n) is 8.00. The Kier molecular flexibility index (Phi) is 6.63. The molecule has 1 heterocycles. The largest absolute Gasteiger partial charge is 0.385 e. The molecule has 1 aliphatic heterocycles. The molecule has 1 saturated heterocycles. The van der Waals surface area contributed by atoms with Crippen LogP contribution in [0, 0.1) is 11.3 Å². The molecule has 3 unspecified atom stereocenters. The number of amides is 1. The highest BCUT2D eigenvalue weighted by Crippen LogP contribution is 2.32. The maximum atomic E-state index is 12.0. The minimum absolute atomic E-state index is 0.00574. The van der Waals surface area contributed by atoms with Crippen LogP contribution in [0.2, 0.25) is 0 Å². The Morgan fingerprint density at radius 1 is 1.48 bits per heavy atom. The van der Waals surface area contributed by atoms with Gasteiger partial charge in [-0.15, -0.1) is 0 Å².